The van der Waals surface area contributed by atoms with Gasteiger partial charge in [0, 0.05) is 0 Å². The molecule has 2 amide bonds. The lowest BCUT2D eigenvalue weighted by molar-refractivity contribution is -0.153. The van der Waals surface area contributed by atoms with Gasteiger partial charge in [-0.15, -0.1) is 0 Å². The summed E-state index contributed by atoms with van der Waals surface area (Å²) in [6.45, 7) is -0.419. The van der Waals surface area contributed by atoms with Crippen molar-refractivity contribution in [2.75, 3.05) is 6.61 Å². The number of carbonyl (C=O) groups is 3. The van der Waals surface area contributed by atoms with Gasteiger partial charge in [-0.05, 0) is 25.0 Å². The summed E-state index contributed by atoms with van der Waals surface area (Å²) in [5.41, 5.74) is 4.66. The van der Waals surface area contributed by atoms with Crippen molar-refractivity contribution >= 4 is 29.4 Å². The van der Waals surface area contributed by atoms with E-state index in [1.165, 1.54) is 6.07 Å². The number of ether oxygens (including phenoxy) is 1. The van der Waals surface area contributed by atoms with Crippen molar-refractivity contribution in [2.45, 2.75) is 32.1 Å². The Kier molecular flexibility index (Phi) is 6.40. The topological polar surface area (TPSA) is 84.5 Å². The Bertz CT molecular complexity index is 585. The second kappa shape index (κ2) is 8.53. The zero-order valence-corrected chi connectivity index (χ0v) is 13.4. The van der Waals surface area contributed by atoms with Gasteiger partial charge in [-0.1, -0.05) is 43.0 Å². The summed E-state index contributed by atoms with van der Waals surface area (Å²) in [7, 11) is 0. The summed E-state index contributed by atoms with van der Waals surface area (Å²) in [5, 5.41) is 0.281. The molecule has 6 nitrogen and oxygen atoms in total. The second-order valence-corrected chi connectivity index (χ2v) is 5.83. The molecular formula is C16H19ClN2O4. The Morgan fingerprint density at radius 2 is 1.78 bits per heavy atom. The lowest BCUT2D eigenvalue weighted by Gasteiger charge is -2.19. The van der Waals surface area contributed by atoms with E-state index in [9.17, 15) is 14.4 Å². The van der Waals surface area contributed by atoms with E-state index in [1.54, 1.807) is 18.2 Å². The van der Waals surface area contributed by atoms with E-state index in [2.05, 4.69) is 10.9 Å². The first-order valence-electron chi connectivity index (χ1n) is 7.58. The van der Waals surface area contributed by atoms with Crippen molar-refractivity contribution in [3.63, 3.8) is 0 Å². The van der Waals surface area contributed by atoms with Crippen LogP contribution in [0.5, 0.6) is 0 Å². The van der Waals surface area contributed by atoms with Crippen molar-refractivity contribution in [3.8, 4) is 0 Å². The molecule has 0 spiro atoms. The van der Waals surface area contributed by atoms with Crippen LogP contribution in [0.1, 0.15) is 42.5 Å². The Hall–Kier alpha value is -2.08. The minimum Gasteiger partial charge on any atom is -0.455 e. The standard InChI is InChI=1S/C16H19ClN2O4/c17-13-9-5-4-8-12(13)15(21)19-18-14(20)10-23-16(22)11-6-2-1-3-7-11/h4-5,8-9,11H,1-3,6-7,10H2,(H,18,20)(H,19,21). The zero-order chi connectivity index (χ0) is 16.7. The normalized spacial score (nSPS) is 14.8. The molecule has 1 aliphatic carbocycles. The maximum absolute atomic E-state index is 11.8. The van der Waals surface area contributed by atoms with Crippen LogP contribution in [0.15, 0.2) is 24.3 Å². The predicted octanol–water partition coefficient (Wildman–Crippen LogP) is 2.22. The van der Waals surface area contributed by atoms with Crippen LogP contribution < -0.4 is 10.9 Å². The van der Waals surface area contributed by atoms with Gasteiger partial charge in [-0.3, -0.25) is 25.2 Å². The molecular weight excluding hydrogens is 320 g/mol. The van der Waals surface area contributed by atoms with Gasteiger partial charge in [0.2, 0.25) is 0 Å². The Labute approximate surface area is 139 Å². The van der Waals surface area contributed by atoms with Gasteiger partial charge in [-0.2, -0.15) is 0 Å². The van der Waals surface area contributed by atoms with Crippen molar-refractivity contribution in [1.82, 2.24) is 10.9 Å². The molecule has 1 fully saturated rings. The molecule has 1 aliphatic rings. The van der Waals surface area contributed by atoms with Gasteiger partial charge in [0.05, 0.1) is 16.5 Å². The van der Waals surface area contributed by atoms with Crippen molar-refractivity contribution in [1.29, 1.82) is 0 Å². The summed E-state index contributed by atoms with van der Waals surface area (Å²) in [6.07, 6.45) is 4.78. The van der Waals surface area contributed by atoms with Gasteiger partial charge in [0.1, 0.15) is 0 Å². The predicted molar refractivity (Wildman–Crippen MR) is 84.6 cm³/mol. The number of esters is 1. The second-order valence-electron chi connectivity index (χ2n) is 5.42. The first-order chi connectivity index (χ1) is 11.1. The Morgan fingerprint density at radius 1 is 1.09 bits per heavy atom. The minimum atomic E-state index is -0.602. The molecule has 1 aromatic carbocycles. The molecule has 2 rings (SSSR count). The SMILES string of the molecule is O=C(COC(=O)C1CCCCC1)NNC(=O)c1ccccc1Cl. The van der Waals surface area contributed by atoms with E-state index in [0.717, 1.165) is 32.1 Å². The zero-order valence-electron chi connectivity index (χ0n) is 12.6. The average molecular weight is 339 g/mol. The summed E-state index contributed by atoms with van der Waals surface area (Å²) in [5.74, 6) is -1.61. The fourth-order valence-electron chi connectivity index (χ4n) is 2.47. The monoisotopic (exact) mass is 338 g/mol. The Morgan fingerprint density at radius 3 is 2.48 bits per heavy atom. The third kappa shape index (κ3) is 5.25. The van der Waals surface area contributed by atoms with Crippen LogP contribution >= 0.6 is 11.6 Å². The lowest BCUT2D eigenvalue weighted by atomic mass is 9.89. The van der Waals surface area contributed by atoms with Crippen molar-refractivity contribution in [3.05, 3.63) is 34.9 Å². The van der Waals surface area contributed by atoms with Crippen LogP contribution in [0.25, 0.3) is 0 Å². The van der Waals surface area contributed by atoms with E-state index in [-0.39, 0.29) is 22.5 Å². The number of halogens is 1. The smallest absolute Gasteiger partial charge is 0.309 e. The fourth-order valence-corrected chi connectivity index (χ4v) is 2.69. The van der Waals surface area contributed by atoms with Gasteiger partial charge in [0.25, 0.3) is 11.8 Å². The van der Waals surface area contributed by atoms with Crippen LogP contribution in [0, 0.1) is 5.92 Å². The molecule has 2 N–H and O–H groups in total. The van der Waals surface area contributed by atoms with Gasteiger partial charge >= 0.3 is 5.97 Å². The van der Waals surface area contributed by atoms with Crippen LogP contribution in [-0.4, -0.2) is 24.4 Å². The molecule has 0 unspecified atom stereocenters. The molecule has 0 radical (unpaired) electrons. The fraction of sp³-hybridized carbons (Fsp3) is 0.438. The molecule has 1 saturated carbocycles. The van der Waals surface area contributed by atoms with Crippen LogP contribution in [0.3, 0.4) is 0 Å². The molecule has 23 heavy (non-hydrogen) atoms. The Balaban J connectivity index is 1.71. The molecule has 0 bridgehead atoms. The molecule has 0 heterocycles. The van der Waals surface area contributed by atoms with E-state index in [0.29, 0.717) is 0 Å². The van der Waals surface area contributed by atoms with Crippen LogP contribution in [-0.2, 0) is 14.3 Å². The number of hydrogen-bond donors (Lipinski definition) is 2. The molecule has 0 aromatic heterocycles. The number of rotatable bonds is 4. The maximum Gasteiger partial charge on any atom is 0.309 e. The first kappa shape index (κ1) is 17.3. The van der Waals surface area contributed by atoms with Crippen molar-refractivity contribution in [2.24, 2.45) is 5.92 Å². The molecule has 124 valence electrons. The highest BCUT2D eigenvalue weighted by Crippen LogP contribution is 2.24. The van der Waals surface area contributed by atoms with Crippen LogP contribution in [0.4, 0.5) is 0 Å². The number of hydrazine groups is 1. The summed E-state index contributed by atoms with van der Waals surface area (Å²) in [6, 6.07) is 6.47. The third-order valence-corrected chi connectivity index (χ3v) is 4.05. The largest absolute Gasteiger partial charge is 0.455 e. The number of nitrogens with one attached hydrogen (secondary N) is 2. The lowest BCUT2D eigenvalue weighted by Crippen LogP contribution is -2.44. The van der Waals surface area contributed by atoms with E-state index in [1.807, 2.05) is 0 Å². The summed E-state index contributed by atoms with van der Waals surface area (Å²) < 4.78 is 4.98. The quantitative estimate of drug-likeness (QED) is 0.651. The molecule has 0 aliphatic heterocycles. The molecule has 0 saturated heterocycles. The number of hydrogen-bond acceptors (Lipinski definition) is 4. The van der Waals surface area contributed by atoms with Gasteiger partial charge in [0.15, 0.2) is 6.61 Å². The first-order valence-corrected chi connectivity index (χ1v) is 7.96. The van der Waals surface area contributed by atoms with Gasteiger partial charge < -0.3 is 4.74 Å². The molecule has 0 atom stereocenters. The van der Waals surface area contributed by atoms with E-state index in [4.69, 9.17) is 16.3 Å². The average Bonchev–Trinajstić information content (AvgIpc) is 2.58. The maximum atomic E-state index is 11.8. The van der Waals surface area contributed by atoms with Crippen molar-refractivity contribution < 1.29 is 19.1 Å². The van der Waals surface area contributed by atoms with Crippen LogP contribution in [0.2, 0.25) is 5.02 Å². The highest BCUT2D eigenvalue weighted by molar-refractivity contribution is 6.33. The minimum absolute atomic E-state index is 0.116. The number of carbonyl (C=O) groups excluding carboxylic acids is 3. The summed E-state index contributed by atoms with van der Waals surface area (Å²) >= 11 is 5.88. The molecule has 1 aromatic rings. The van der Waals surface area contributed by atoms with E-state index < -0.39 is 18.4 Å². The van der Waals surface area contributed by atoms with Gasteiger partial charge in [-0.25, -0.2) is 0 Å². The third-order valence-electron chi connectivity index (χ3n) is 3.72. The number of benzene rings is 1. The molecule has 7 heteroatoms. The highest BCUT2D eigenvalue weighted by Gasteiger charge is 2.23. The summed E-state index contributed by atoms with van der Waals surface area (Å²) in [4.78, 5) is 35.3. The van der Waals surface area contributed by atoms with E-state index >= 15 is 0 Å². The number of amides is 2. The highest BCUT2D eigenvalue weighted by atomic mass is 35.5.